The molecule has 0 bridgehead atoms. The SMILES string of the molecule is C[C@@]1(Cc2ccc3c(c2)OCO3)NC(=O)N(Cc2ccccc2F)C1=O. The highest BCUT2D eigenvalue weighted by molar-refractivity contribution is 6.06. The van der Waals surface area contributed by atoms with Gasteiger partial charge in [-0.3, -0.25) is 9.69 Å². The summed E-state index contributed by atoms with van der Waals surface area (Å²) in [5.74, 6) is 0.439. The summed E-state index contributed by atoms with van der Waals surface area (Å²) in [4.78, 5) is 26.2. The highest BCUT2D eigenvalue weighted by Crippen LogP contribution is 2.34. The second kappa shape index (κ2) is 6.01. The minimum Gasteiger partial charge on any atom is -0.454 e. The predicted octanol–water partition coefficient (Wildman–Crippen LogP) is 2.61. The van der Waals surface area contributed by atoms with Gasteiger partial charge in [-0.1, -0.05) is 24.3 Å². The molecular weight excluding hydrogens is 339 g/mol. The second-order valence-corrected chi connectivity index (χ2v) is 6.61. The van der Waals surface area contributed by atoms with E-state index in [4.69, 9.17) is 9.47 Å². The molecule has 26 heavy (non-hydrogen) atoms. The molecule has 2 aliphatic heterocycles. The lowest BCUT2D eigenvalue weighted by molar-refractivity contribution is -0.131. The Labute approximate surface area is 149 Å². The van der Waals surface area contributed by atoms with Gasteiger partial charge < -0.3 is 14.8 Å². The highest BCUT2D eigenvalue weighted by atomic mass is 19.1. The first-order valence-corrected chi connectivity index (χ1v) is 8.22. The number of nitrogens with zero attached hydrogens (tertiary/aromatic N) is 1. The molecule has 3 amide bonds. The first-order chi connectivity index (χ1) is 12.5. The summed E-state index contributed by atoms with van der Waals surface area (Å²) in [6, 6.07) is 11.0. The summed E-state index contributed by atoms with van der Waals surface area (Å²) in [5.41, 5.74) is 0.0252. The number of nitrogens with one attached hydrogen (secondary N) is 1. The number of hydrogen-bond donors (Lipinski definition) is 1. The van der Waals surface area contributed by atoms with E-state index >= 15 is 0 Å². The van der Waals surface area contributed by atoms with Crippen LogP contribution in [-0.4, -0.2) is 29.2 Å². The fourth-order valence-corrected chi connectivity index (χ4v) is 3.27. The smallest absolute Gasteiger partial charge is 0.325 e. The average molecular weight is 356 g/mol. The number of benzene rings is 2. The van der Waals surface area contributed by atoms with Crippen LogP contribution < -0.4 is 14.8 Å². The maximum absolute atomic E-state index is 13.9. The second-order valence-electron chi connectivity index (χ2n) is 6.61. The first kappa shape index (κ1) is 16.4. The molecular formula is C19H17FN2O4. The van der Waals surface area contributed by atoms with Crippen LogP contribution in [0, 0.1) is 5.82 Å². The minimum atomic E-state index is -1.10. The normalized spacial score (nSPS) is 21.2. The predicted molar refractivity (Wildman–Crippen MR) is 90.2 cm³/mol. The van der Waals surface area contributed by atoms with Gasteiger partial charge in [-0.15, -0.1) is 0 Å². The van der Waals surface area contributed by atoms with Crippen molar-refractivity contribution >= 4 is 11.9 Å². The Balaban J connectivity index is 1.54. The number of imide groups is 1. The molecule has 0 radical (unpaired) electrons. The van der Waals surface area contributed by atoms with Gasteiger partial charge in [0.2, 0.25) is 6.79 Å². The third kappa shape index (κ3) is 2.75. The van der Waals surface area contributed by atoms with Gasteiger partial charge in [0.25, 0.3) is 5.91 Å². The monoisotopic (exact) mass is 356 g/mol. The van der Waals surface area contributed by atoms with Gasteiger partial charge in [0.15, 0.2) is 11.5 Å². The molecule has 1 N–H and O–H groups in total. The van der Waals surface area contributed by atoms with Gasteiger partial charge in [-0.2, -0.15) is 0 Å². The van der Waals surface area contributed by atoms with Crippen LogP contribution in [0.5, 0.6) is 11.5 Å². The lowest BCUT2D eigenvalue weighted by atomic mass is 9.92. The van der Waals surface area contributed by atoms with Gasteiger partial charge in [0.05, 0.1) is 6.54 Å². The highest BCUT2D eigenvalue weighted by Gasteiger charge is 2.47. The zero-order valence-corrected chi connectivity index (χ0v) is 14.1. The summed E-state index contributed by atoms with van der Waals surface area (Å²) in [7, 11) is 0. The summed E-state index contributed by atoms with van der Waals surface area (Å²) in [5, 5.41) is 2.73. The molecule has 0 aliphatic carbocycles. The number of rotatable bonds is 4. The largest absolute Gasteiger partial charge is 0.454 e. The van der Waals surface area contributed by atoms with Crippen molar-refractivity contribution < 1.29 is 23.5 Å². The van der Waals surface area contributed by atoms with Crippen LogP contribution in [0.4, 0.5) is 9.18 Å². The van der Waals surface area contributed by atoms with Gasteiger partial charge in [-0.05, 0) is 30.7 Å². The Kier molecular flexibility index (Phi) is 3.79. The van der Waals surface area contributed by atoms with Crippen LogP contribution >= 0.6 is 0 Å². The minimum absolute atomic E-state index is 0.103. The molecule has 2 aliphatic rings. The third-order valence-electron chi connectivity index (χ3n) is 4.63. The maximum Gasteiger partial charge on any atom is 0.325 e. The van der Waals surface area contributed by atoms with E-state index in [2.05, 4.69) is 5.32 Å². The van der Waals surface area contributed by atoms with E-state index in [1.54, 1.807) is 37.3 Å². The van der Waals surface area contributed by atoms with Crippen molar-refractivity contribution in [2.75, 3.05) is 6.79 Å². The lowest BCUT2D eigenvalue weighted by Crippen LogP contribution is -2.45. The first-order valence-electron chi connectivity index (χ1n) is 8.22. The van der Waals surface area contributed by atoms with E-state index in [-0.39, 0.29) is 19.2 Å². The van der Waals surface area contributed by atoms with Crippen LogP contribution in [0.3, 0.4) is 0 Å². The molecule has 7 heteroatoms. The van der Waals surface area contributed by atoms with Crippen molar-refractivity contribution in [3.05, 3.63) is 59.4 Å². The average Bonchev–Trinajstić information content (AvgIpc) is 3.15. The number of carbonyl (C=O) groups excluding carboxylic acids is 2. The van der Waals surface area contributed by atoms with E-state index in [0.717, 1.165) is 10.5 Å². The maximum atomic E-state index is 13.9. The number of amides is 3. The number of ether oxygens (including phenoxy) is 2. The number of carbonyl (C=O) groups is 2. The Morgan fingerprint density at radius 1 is 1.15 bits per heavy atom. The van der Waals surface area contributed by atoms with Gasteiger partial charge in [0.1, 0.15) is 11.4 Å². The summed E-state index contributed by atoms with van der Waals surface area (Å²) < 4.78 is 24.5. The number of fused-ring (bicyclic) bond motifs is 1. The molecule has 2 heterocycles. The molecule has 1 fully saturated rings. The van der Waals surface area contributed by atoms with Crippen molar-refractivity contribution in [1.82, 2.24) is 10.2 Å². The molecule has 0 unspecified atom stereocenters. The van der Waals surface area contributed by atoms with Gasteiger partial charge in [0, 0.05) is 12.0 Å². The van der Waals surface area contributed by atoms with Crippen molar-refractivity contribution in [2.45, 2.75) is 25.4 Å². The quantitative estimate of drug-likeness (QED) is 0.855. The zero-order valence-electron chi connectivity index (χ0n) is 14.1. The molecule has 0 spiro atoms. The summed E-state index contributed by atoms with van der Waals surface area (Å²) in [6.07, 6.45) is 0.294. The Bertz CT molecular complexity index is 901. The van der Waals surface area contributed by atoms with Crippen molar-refractivity contribution in [1.29, 1.82) is 0 Å². The van der Waals surface area contributed by atoms with E-state index < -0.39 is 17.4 Å². The van der Waals surface area contributed by atoms with E-state index in [1.807, 2.05) is 6.07 Å². The fourth-order valence-electron chi connectivity index (χ4n) is 3.27. The van der Waals surface area contributed by atoms with Crippen LogP contribution in [0.1, 0.15) is 18.1 Å². The summed E-state index contributed by atoms with van der Waals surface area (Å²) >= 11 is 0. The Morgan fingerprint density at radius 3 is 2.73 bits per heavy atom. The Morgan fingerprint density at radius 2 is 1.92 bits per heavy atom. The molecule has 0 saturated carbocycles. The van der Waals surface area contributed by atoms with Crippen molar-refractivity contribution in [3.8, 4) is 11.5 Å². The van der Waals surface area contributed by atoms with E-state index in [9.17, 15) is 14.0 Å². The number of hydrogen-bond acceptors (Lipinski definition) is 4. The number of halogens is 1. The Hall–Kier alpha value is -3.09. The van der Waals surface area contributed by atoms with Crippen LogP contribution in [0.15, 0.2) is 42.5 Å². The molecule has 2 aromatic carbocycles. The standard InChI is InChI=1S/C19H17FN2O4/c1-19(9-12-6-7-15-16(8-12)26-11-25-15)17(23)22(18(24)21-19)10-13-4-2-3-5-14(13)20/h2-8H,9-11H2,1H3,(H,21,24)/t19-/m0/s1. The molecule has 0 aromatic heterocycles. The molecule has 6 nitrogen and oxygen atoms in total. The van der Waals surface area contributed by atoms with Crippen LogP contribution in [0.25, 0.3) is 0 Å². The molecule has 4 rings (SSSR count). The molecule has 1 atom stereocenters. The van der Waals surface area contributed by atoms with Crippen LogP contribution in [-0.2, 0) is 17.8 Å². The molecule has 1 saturated heterocycles. The zero-order chi connectivity index (χ0) is 18.3. The fraction of sp³-hybridized carbons (Fsp3) is 0.263. The van der Waals surface area contributed by atoms with E-state index in [0.29, 0.717) is 23.5 Å². The van der Waals surface area contributed by atoms with E-state index in [1.165, 1.54) is 6.07 Å². The van der Waals surface area contributed by atoms with Crippen LogP contribution in [0.2, 0.25) is 0 Å². The lowest BCUT2D eigenvalue weighted by Gasteiger charge is -2.22. The summed E-state index contributed by atoms with van der Waals surface area (Å²) in [6.45, 7) is 1.73. The third-order valence-corrected chi connectivity index (χ3v) is 4.63. The van der Waals surface area contributed by atoms with Gasteiger partial charge in [-0.25, -0.2) is 9.18 Å². The molecule has 134 valence electrons. The van der Waals surface area contributed by atoms with Crippen molar-refractivity contribution in [2.24, 2.45) is 0 Å². The van der Waals surface area contributed by atoms with Gasteiger partial charge >= 0.3 is 6.03 Å². The topological polar surface area (TPSA) is 67.9 Å². The van der Waals surface area contributed by atoms with Crippen molar-refractivity contribution in [3.63, 3.8) is 0 Å². The molecule has 2 aromatic rings. The number of urea groups is 1.